The van der Waals surface area contributed by atoms with Gasteiger partial charge in [0.05, 0.1) is 22.7 Å². The summed E-state index contributed by atoms with van der Waals surface area (Å²) in [5.74, 6) is -1.51. The van der Waals surface area contributed by atoms with Crippen molar-refractivity contribution in [1.82, 2.24) is 0 Å². The van der Waals surface area contributed by atoms with Crippen LogP contribution in [0, 0.1) is 11.6 Å². The Kier molecular flexibility index (Phi) is 4.34. The third-order valence-electron chi connectivity index (χ3n) is 2.61. The van der Waals surface area contributed by atoms with E-state index in [1.807, 2.05) is 4.72 Å². The second-order valence-corrected chi connectivity index (χ2v) is 6.12. The van der Waals surface area contributed by atoms with Crippen molar-refractivity contribution in [3.05, 3.63) is 53.1 Å². The van der Waals surface area contributed by atoms with E-state index in [2.05, 4.69) is 0 Å². The number of methoxy groups -OCH3 is 1. The smallest absolute Gasteiger partial charge is 0.262 e. The highest BCUT2D eigenvalue weighted by Gasteiger charge is 2.18. The molecule has 0 radical (unpaired) electrons. The molecule has 0 aromatic heterocycles. The first kappa shape index (κ1) is 15.5. The predicted octanol–water partition coefficient (Wildman–Crippen LogP) is 3.43. The summed E-state index contributed by atoms with van der Waals surface area (Å²) in [5.41, 5.74) is -0.358. The molecule has 0 saturated carbocycles. The normalized spacial score (nSPS) is 11.2. The minimum absolute atomic E-state index is 0.0972. The molecule has 0 saturated heterocycles. The fourth-order valence-corrected chi connectivity index (χ4v) is 3.01. The van der Waals surface area contributed by atoms with Crippen LogP contribution in [0.5, 0.6) is 5.75 Å². The van der Waals surface area contributed by atoms with Gasteiger partial charge in [-0.3, -0.25) is 4.72 Å². The fourth-order valence-electron chi connectivity index (χ4n) is 1.59. The SMILES string of the molecule is COc1ccc(S(=O)(=O)Nc2ccc(F)cc2F)cc1Cl. The summed E-state index contributed by atoms with van der Waals surface area (Å²) >= 11 is 5.85. The summed E-state index contributed by atoms with van der Waals surface area (Å²) in [6.07, 6.45) is 0. The number of benzene rings is 2. The molecule has 1 N–H and O–H groups in total. The third-order valence-corrected chi connectivity index (χ3v) is 4.27. The van der Waals surface area contributed by atoms with E-state index in [1.165, 1.54) is 25.3 Å². The number of rotatable bonds is 4. The van der Waals surface area contributed by atoms with Crippen LogP contribution in [0.2, 0.25) is 5.02 Å². The van der Waals surface area contributed by atoms with E-state index < -0.39 is 21.7 Å². The standard InChI is InChI=1S/C13H10ClF2NO3S/c1-20-13-5-3-9(7-10(13)14)21(18,19)17-12-4-2-8(15)6-11(12)16/h2-7,17H,1H3. The van der Waals surface area contributed by atoms with Crippen molar-refractivity contribution in [3.8, 4) is 5.75 Å². The molecule has 0 spiro atoms. The molecule has 112 valence electrons. The highest BCUT2D eigenvalue weighted by Crippen LogP contribution is 2.28. The van der Waals surface area contributed by atoms with Crippen LogP contribution < -0.4 is 9.46 Å². The molecule has 0 bridgehead atoms. The minimum atomic E-state index is -4.05. The zero-order valence-electron chi connectivity index (χ0n) is 10.7. The molecule has 0 aliphatic heterocycles. The van der Waals surface area contributed by atoms with Gasteiger partial charge >= 0.3 is 0 Å². The van der Waals surface area contributed by atoms with Crippen molar-refractivity contribution in [2.45, 2.75) is 4.90 Å². The zero-order chi connectivity index (χ0) is 15.6. The average molecular weight is 334 g/mol. The minimum Gasteiger partial charge on any atom is -0.495 e. The molecule has 21 heavy (non-hydrogen) atoms. The fraction of sp³-hybridized carbons (Fsp3) is 0.0769. The summed E-state index contributed by atoms with van der Waals surface area (Å²) in [5, 5.41) is 0.0972. The van der Waals surface area contributed by atoms with Crippen molar-refractivity contribution in [3.63, 3.8) is 0 Å². The molecule has 0 amide bonds. The lowest BCUT2D eigenvalue weighted by atomic mass is 10.3. The van der Waals surface area contributed by atoms with E-state index in [1.54, 1.807) is 0 Å². The monoisotopic (exact) mass is 333 g/mol. The van der Waals surface area contributed by atoms with Crippen LogP contribution in [0.4, 0.5) is 14.5 Å². The Morgan fingerprint density at radius 2 is 1.86 bits per heavy atom. The molecule has 0 aliphatic carbocycles. The lowest BCUT2D eigenvalue weighted by Crippen LogP contribution is -2.14. The number of anilines is 1. The third kappa shape index (κ3) is 3.43. The van der Waals surface area contributed by atoms with Gasteiger partial charge in [0, 0.05) is 6.07 Å². The maximum atomic E-state index is 13.5. The number of ether oxygens (including phenoxy) is 1. The Bertz CT molecular complexity index is 781. The van der Waals surface area contributed by atoms with Gasteiger partial charge in [-0.25, -0.2) is 17.2 Å². The summed E-state index contributed by atoms with van der Waals surface area (Å²) < 4.78 is 57.5. The van der Waals surface area contributed by atoms with Gasteiger partial charge in [0.15, 0.2) is 0 Å². The van der Waals surface area contributed by atoms with Gasteiger partial charge in [-0.05, 0) is 30.3 Å². The Balaban J connectivity index is 2.36. The van der Waals surface area contributed by atoms with E-state index in [4.69, 9.17) is 16.3 Å². The van der Waals surface area contributed by atoms with Gasteiger partial charge in [-0.15, -0.1) is 0 Å². The number of halogens is 3. The van der Waals surface area contributed by atoms with E-state index in [9.17, 15) is 17.2 Å². The Hall–Kier alpha value is -1.86. The molecule has 4 nitrogen and oxygen atoms in total. The first-order valence-electron chi connectivity index (χ1n) is 5.65. The van der Waals surface area contributed by atoms with Crippen LogP contribution in [0.3, 0.4) is 0 Å². The molecule has 2 aromatic rings. The molecule has 0 unspecified atom stereocenters. The van der Waals surface area contributed by atoms with Gasteiger partial charge in [-0.1, -0.05) is 11.6 Å². The second kappa shape index (κ2) is 5.87. The topological polar surface area (TPSA) is 55.4 Å². The lowest BCUT2D eigenvalue weighted by Gasteiger charge is -2.10. The van der Waals surface area contributed by atoms with E-state index >= 15 is 0 Å². The molecule has 0 atom stereocenters. The zero-order valence-corrected chi connectivity index (χ0v) is 12.3. The first-order chi connectivity index (χ1) is 9.83. The average Bonchev–Trinajstić information content (AvgIpc) is 2.42. The Labute approximate surface area is 125 Å². The van der Waals surface area contributed by atoms with Crippen LogP contribution in [-0.2, 0) is 10.0 Å². The van der Waals surface area contributed by atoms with Crippen LogP contribution in [0.15, 0.2) is 41.3 Å². The summed E-state index contributed by atoms with van der Waals surface area (Å²) in [4.78, 5) is -0.169. The van der Waals surface area contributed by atoms with Crippen molar-refractivity contribution >= 4 is 27.3 Å². The van der Waals surface area contributed by atoms with Crippen molar-refractivity contribution in [2.24, 2.45) is 0 Å². The Morgan fingerprint density at radius 3 is 2.43 bits per heavy atom. The van der Waals surface area contributed by atoms with Crippen LogP contribution in [-0.4, -0.2) is 15.5 Å². The highest BCUT2D eigenvalue weighted by atomic mass is 35.5. The number of hydrogen-bond donors (Lipinski definition) is 1. The number of sulfonamides is 1. The maximum Gasteiger partial charge on any atom is 0.262 e. The van der Waals surface area contributed by atoms with Crippen LogP contribution in [0.1, 0.15) is 0 Å². The lowest BCUT2D eigenvalue weighted by molar-refractivity contribution is 0.414. The molecule has 2 rings (SSSR count). The molecule has 2 aromatic carbocycles. The molecule has 0 aliphatic rings. The maximum absolute atomic E-state index is 13.5. The van der Waals surface area contributed by atoms with E-state index in [0.29, 0.717) is 11.8 Å². The first-order valence-corrected chi connectivity index (χ1v) is 7.51. The van der Waals surface area contributed by atoms with Crippen LogP contribution >= 0.6 is 11.6 Å². The number of hydrogen-bond acceptors (Lipinski definition) is 3. The molecular weight excluding hydrogens is 324 g/mol. The molecule has 0 fully saturated rings. The Morgan fingerprint density at radius 1 is 1.14 bits per heavy atom. The largest absolute Gasteiger partial charge is 0.495 e. The summed E-state index contributed by atoms with van der Waals surface area (Å²) in [6, 6.07) is 6.32. The second-order valence-electron chi connectivity index (χ2n) is 4.03. The predicted molar refractivity (Wildman–Crippen MR) is 75.2 cm³/mol. The number of nitrogens with one attached hydrogen (secondary N) is 1. The van der Waals surface area contributed by atoms with Crippen LogP contribution in [0.25, 0.3) is 0 Å². The summed E-state index contributed by atoms with van der Waals surface area (Å²) in [6.45, 7) is 0. The van der Waals surface area contributed by atoms with Gasteiger partial charge in [0.1, 0.15) is 17.4 Å². The quantitative estimate of drug-likeness (QED) is 0.932. The molecule has 0 heterocycles. The highest BCUT2D eigenvalue weighted by molar-refractivity contribution is 7.92. The molecular formula is C13H10ClF2NO3S. The van der Waals surface area contributed by atoms with Crippen molar-refractivity contribution in [2.75, 3.05) is 11.8 Å². The summed E-state index contributed by atoms with van der Waals surface area (Å²) in [7, 11) is -2.66. The van der Waals surface area contributed by atoms with Crippen molar-refractivity contribution < 1.29 is 21.9 Å². The van der Waals surface area contributed by atoms with E-state index in [-0.39, 0.29) is 15.6 Å². The van der Waals surface area contributed by atoms with Gasteiger partial charge in [0.2, 0.25) is 0 Å². The van der Waals surface area contributed by atoms with Gasteiger partial charge in [0.25, 0.3) is 10.0 Å². The molecule has 8 heteroatoms. The van der Waals surface area contributed by atoms with Gasteiger partial charge < -0.3 is 4.74 Å². The van der Waals surface area contributed by atoms with Crippen molar-refractivity contribution in [1.29, 1.82) is 0 Å². The van der Waals surface area contributed by atoms with Gasteiger partial charge in [-0.2, -0.15) is 0 Å². The van der Waals surface area contributed by atoms with E-state index in [0.717, 1.165) is 12.1 Å².